The van der Waals surface area contributed by atoms with Crippen molar-refractivity contribution in [1.82, 2.24) is 0 Å². The minimum Gasteiger partial charge on any atom is -0.0955 e. The number of hydrogen-bond donors (Lipinski definition) is 0. The van der Waals surface area contributed by atoms with Crippen molar-refractivity contribution in [3.05, 3.63) is 71.3 Å². The van der Waals surface area contributed by atoms with Crippen molar-refractivity contribution in [2.45, 2.75) is 41.0 Å². The second kappa shape index (κ2) is 5.89. The van der Waals surface area contributed by atoms with Crippen molar-refractivity contribution >= 4 is 11.1 Å². The molecule has 1 aliphatic carbocycles. The van der Waals surface area contributed by atoms with Crippen LogP contribution in [0, 0.1) is 5.41 Å². The predicted molar refractivity (Wildman–Crippen MR) is 95.0 cm³/mol. The number of hydrogen-bond acceptors (Lipinski definition) is 0. The molecule has 0 N–H and O–H groups in total. The van der Waals surface area contributed by atoms with Crippen LogP contribution in [0.4, 0.5) is 0 Å². The zero-order valence-electron chi connectivity index (χ0n) is 14.0. The largest absolute Gasteiger partial charge is 0.0955 e. The van der Waals surface area contributed by atoms with Gasteiger partial charge in [0.05, 0.1) is 0 Å². The Bertz CT molecular complexity index is 643. The highest BCUT2D eigenvalue weighted by Crippen LogP contribution is 2.34. The Kier molecular flexibility index (Phi) is 4.37. The molecule has 1 aromatic carbocycles. The summed E-state index contributed by atoms with van der Waals surface area (Å²) in [5.74, 6) is 0. The lowest BCUT2D eigenvalue weighted by atomic mass is 9.81. The van der Waals surface area contributed by atoms with Crippen molar-refractivity contribution in [1.29, 1.82) is 0 Å². The Morgan fingerprint density at radius 1 is 1.00 bits per heavy atom. The maximum atomic E-state index is 4.11. The van der Waals surface area contributed by atoms with Gasteiger partial charge in [-0.1, -0.05) is 75.4 Å². The summed E-state index contributed by atoms with van der Waals surface area (Å²) in [4.78, 5) is 0. The molecule has 0 spiro atoms. The Morgan fingerprint density at radius 2 is 1.62 bits per heavy atom. The van der Waals surface area contributed by atoms with Gasteiger partial charge in [-0.3, -0.25) is 0 Å². The van der Waals surface area contributed by atoms with Crippen LogP contribution < -0.4 is 0 Å². The second-order valence-electron chi connectivity index (χ2n) is 6.92. The zero-order valence-corrected chi connectivity index (χ0v) is 14.0. The van der Waals surface area contributed by atoms with Gasteiger partial charge in [0.15, 0.2) is 0 Å². The molecule has 0 bridgehead atoms. The third-order valence-electron chi connectivity index (χ3n) is 4.14. The van der Waals surface area contributed by atoms with E-state index in [9.17, 15) is 0 Å². The molecule has 1 aromatic rings. The highest BCUT2D eigenvalue weighted by molar-refractivity contribution is 5.80. The number of benzene rings is 1. The molecule has 21 heavy (non-hydrogen) atoms. The maximum absolute atomic E-state index is 4.11. The fraction of sp³-hybridized carbons (Fsp3) is 0.333. The van der Waals surface area contributed by atoms with Gasteiger partial charge in [-0.2, -0.15) is 0 Å². The smallest absolute Gasteiger partial charge is 0.00886 e. The van der Waals surface area contributed by atoms with Crippen LogP contribution in [-0.4, -0.2) is 0 Å². The van der Waals surface area contributed by atoms with Gasteiger partial charge in [0.2, 0.25) is 0 Å². The molecule has 0 amide bonds. The first-order valence-electron chi connectivity index (χ1n) is 7.64. The van der Waals surface area contributed by atoms with Crippen LogP contribution in [0.25, 0.3) is 11.1 Å². The molecule has 0 unspecified atom stereocenters. The summed E-state index contributed by atoms with van der Waals surface area (Å²) < 4.78 is 0. The maximum Gasteiger partial charge on any atom is -0.00886 e. The SMILES string of the molecule is C=C(C)c1ccccc1/C(C)=C1/C=CC(C(C)(C)C)=CC1. The fourth-order valence-corrected chi connectivity index (χ4v) is 2.74. The monoisotopic (exact) mass is 278 g/mol. The van der Waals surface area contributed by atoms with E-state index in [-0.39, 0.29) is 5.41 Å². The fourth-order valence-electron chi connectivity index (χ4n) is 2.74. The lowest BCUT2D eigenvalue weighted by Crippen LogP contribution is -2.09. The molecule has 0 nitrogen and oxygen atoms in total. The minimum absolute atomic E-state index is 0.228. The Labute approximate surface area is 129 Å². The van der Waals surface area contributed by atoms with E-state index >= 15 is 0 Å². The van der Waals surface area contributed by atoms with Crippen molar-refractivity contribution < 1.29 is 0 Å². The standard InChI is InChI=1S/C21H26/c1-15(2)19-9-7-8-10-20(19)16(3)17-11-13-18(14-12-17)21(4,5)6/h7-11,13-14H,1,12H2,2-6H3/b17-16-. The predicted octanol–water partition coefficient (Wildman–Crippen LogP) is 6.43. The summed E-state index contributed by atoms with van der Waals surface area (Å²) in [6.45, 7) is 15.2. The molecule has 0 heterocycles. The van der Waals surface area contributed by atoms with Crippen LogP contribution in [0.2, 0.25) is 0 Å². The van der Waals surface area contributed by atoms with Crippen molar-refractivity contribution in [3.8, 4) is 0 Å². The van der Waals surface area contributed by atoms with E-state index < -0.39 is 0 Å². The van der Waals surface area contributed by atoms with Crippen molar-refractivity contribution in [2.75, 3.05) is 0 Å². The third-order valence-corrected chi connectivity index (χ3v) is 4.14. The van der Waals surface area contributed by atoms with Crippen LogP contribution in [0.15, 0.2) is 60.2 Å². The molecule has 0 saturated heterocycles. The molecule has 0 fully saturated rings. The lowest BCUT2D eigenvalue weighted by Gasteiger charge is -2.24. The van der Waals surface area contributed by atoms with Gasteiger partial charge in [0.1, 0.15) is 0 Å². The van der Waals surface area contributed by atoms with Gasteiger partial charge in [-0.25, -0.2) is 0 Å². The molecule has 0 atom stereocenters. The number of rotatable bonds is 2. The lowest BCUT2D eigenvalue weighted by molar-refractivity contribution is 0.514. The van der Waals surface area contributed by atoms with Crippen LogP contribution >= 0.6 is 0 Å². The summed E-state index contributed by atoms with van der Waals surface area (Å²) in [5.41, 5.74) is 8.08. The topological polar surface area (TPSA) is 0 Å². The van der Waals surface area contributed by atoms with Crippen molar-refractivity contribution in [3.63, 3.8) is 0 Å². The Morgan fingerprint density at radius 3 is 2.10 bits per heavy atom. The minimum atomic E-state index is 0.228. The van der Waals surface area contributed by atoms with Gasteiger partial charge >= 0.3 is 0 Å². The summed E-state index contributed by atoms with van der Waals surface area (Å²) >= 11 is 0. The molecule has 1 aliphatic rings. The average molecular weight is 278 g/mol. The van der Waals surface area contributed by atoms with E-state index in [1.165, 1.54) is 27.8 Å². The molecule has 0 aromatic heterocycles. The zero-order chi connectivity index (χ0) is 15.6. The summed E-state index contributed by atoms with van der Waals surface area (Å²) in [6, 6.07) is 8.54. The van der Waals surface area contributed by atoms with Gasteiger partial charge in [0.25, 0.3) is 0 Å². The first-order valence-corrected chi connectivity index (χ1v) is 7.64. The van der Waals surface area contributed by atoms with E-state index in [0.717, 1.165) is 12.0 Å². The van der Waals surface area contributed by atoms with E-state index in [0.29, 0.717) is 0 Å². The Hall–Kier alpha value is -1.82. The van der Waals surface area contributed by atoms with Gasteiger partial charge in [-0.15, -0.1) is 0 Å². The van der Waals surface area contributed by atoms with Crippen LogP contribution in [0.3, 0.4) is 0 Å². The Balaban J connectivity index is 2.38. The summed E-state index contributed by atoms with van der Waals surface area (Å²) in [6.07, 6.45) is 7.93. The molecule has 0 aliphatic heterocycles. The van der Waals surface area contributed by atoms with Gasteiger partial charge < -0.3 is 0 Å². The van der Waals surface area contributed by atoms with E-state index in [1.54, 1.807) is 0 Å². The second-order valence-corrected chi connectivity index (χ2v) is 6.92. The van der Waals surface area contributed by atoms with E-state index in [1.807, 2.05) is 0 Å². The highest BCUT2D eigenvalue weighted by atomic mass is 14.2. The van der Waals surface area contributed by atoms with Crippen molar-refractivity contribution in [2.24, 2.45) is 5.41 Å². The van der Waals surface area contributed by atoms with E-state index in [4.69, 9.17) is 0 Å². The normalized spacial score (nSPS) is 17.5. The molecular weight excluding hydrogens is 252 g/mol. The summed E-state index contributed by atoms with van der Waals surface area (Å²) in [5, 5.41) is 0. The van der Waals surface area contributed by atoms with E-state index in [2.05, 4.69) is 83.7 Å². The molecular formula is C21H26. The molecule has 2 rings (SSSR count). The quantitative estimate of drug-likeness (QED) is 0.585. The first-order chi connectivity index (χ1) is 9.80. The van der Waals surface area contributed by atoms with Crippen LogP contribution in [0.1, 0.15) is 52.2 Å². The average Bonchev–Trinajstić information content (AvgIpc) is 2.45. The molecule has 0 heteroatoms. The molecule has 110 valence electrons. The van der Waals surface area contributed by atoms with Gasteiger partial charge in [0, 0.05) is 0 Å². The highest BCUT2D eigenvalue weighted by Gasteiger charge is 2.17. The first kappa shape index (κ1) is 15.6. The summed E-state index contributed by atoms with van der Waals surface area (Å²) in [7, 11) is 0. The van der Waals surface area contributed by atoms with Crippen LogP contribution in [-0.2, 0) is 0 Å². The third kappa shape index (κ3) is 3.44. The van der Waals surface area contributed by atoms with Gasteiger partial charge in [-0.05, 0) is 53.5 Å². The van der Waals surface area contributed by atoms with Crippen LogP contribution in [0.5, 0.6) is 0 Å². The molecule has 0 saturated carbocycles. The molecule has 0 radical (unpaired) electrons. The number of allylic oxidation sites excluding steroid dienone is 7.